The van der Waals surface area contributed by atoms with Crippen molar-refractivity contribution in [3.05, 3.63) is 0 Å². The first-order chi connectivity index (χ1) is 9.04. The van der Waals surface area contributed by atoms with Gasteiger partial charge in [-0.05, 0) is 52.0 Å². The van der Waals surface area contributed by atoms with Crippen molar-refractivity contribution in [1.29, 1.82) is 0 Å². The monoisotopic (exact) mass is 272 g/mol. The van der Waals surface area contributed by atoms with Gasteiger partial charge in [-0.15, -0.1) is 0 Å². The smallest absolute Gasteiger partial charge is 0.307 e. The molecule has 0 spiro atoms. The molecule has 0 rings (SSSR count). The second kappa shape index (κ2) is 11.2. The summed E-state index contributed by atoms with van der Waals surface area (Å²) in [6.07, 6.45) is 3.44. The summed E-state index contributed by atoms with van der Waals surface area (Å²) in [6.45, 7) is 14.4. The second-order valence-electron chi connectivity index (χ2n) is 5.27. The number of aliphatic carboxylic acids is 1. The minimum atomic E-state index is -0.691. The van der Waals surface area contributed by atoms with Gasteiger partial charge in [0.1, 0.15) is 0 Å². The zero-order chi connectivity index (χ0) is 14.7. The molecule has 0 amide bonds. The number of carbonyl (C=O) groups is 1. The molecule has 0 saturated carbocycles. The highest BCUT2D eigenvalue weighted by Crippen LogP contribution is 2.04. The van der Waals surface area contributed by atoms with Crippen molar-refractivity contribution in [1.82, 2.24) is 9.80 Å². The Labute approximate surface area is 118 Å². The van der Waals surface area contributed by atoms with Crippen molar-refractivity contribution in [2.24, 2.45) is 5.92 Å². The van der Waals surface area contributed by atoms with E-state index in [0.717, 1.165) is 45.6 Å². The van der Waals surface area contributed by atoms with Crippen molar-refractivity contribution in [2.75, 3.05) is 39.3 Å². The van der Waals surface area contributed by atoms with E-state index in [1.165, 1.54) is 6.42 Å². The number of nitrogens with zero attached hydrogens (tertiary/aromatic N) is 2. The standard InChI is InChI=1S/C15H32N2O2/c1-5-10-17(13-14(4)15(18)19)12-9-8-11-16(6-2)7-3/h14H,5-13H2,1-4H3,(H,18,19). The summed E-state index contributed by atoms with van der Waals surface area (Å²) < 4.78 is 0. The lowest BCUT2D eigenvalue weighted by Crippen LogP contribution is -2.33. The first-order valence-corrected chi connectivity index (χ1v) is 7.72. The summed E-state index contributed by atoms with van der Waals surface area (Å²) in [6, 6.07) is 0. The summed E-state index contributed by atoms with van der Waals surface area (Å²) in [4.78, 5) is 15.6. The van der Waals surface area contributed by atoms with Crippen LogP contribution in [-0.4, -0.2) is 60.1 Å². The molecule has 0 fully saturated rings. The minimum Gasteiger partial charge on any atom is -0.481 e. The Morgan fingerprint density at radius 1 is 1.00 bits per heavy atom. The highest BCUT2D eigenvalue weighted by atomic mass is 16.4. The van der Waals surface area contributed by atoms with Crippen LogP contribution in [0.4, 0.5) is 0 Å². The van der Waals surface area contributed by atoms with Gasteiger partial charge in [0.25, 0.3) is 0 Å². The van der Waals surface area contributed by atoms with Crippen molar-refractivity contribution in [2.45, 2.75) is 47.0 Å². The van der Waals surface area contributed by atoms with Crippen molar-refractivity contribution < 1.29 is 9.90 Å². The van der Waals surface area contributed by atoms with Gasteiger partial charge in [-0.2, -0.15) is 0 Å². The van der Waals surface area contributed by atoms with Gasteiger partial charge in [-0.1, -0.05) is 27.7 Å². The first kappa shape index (κ1) is 18.4. The summed E-state index contributed by atoms with van der Waals surface area (Å²) in [5.74, 6) is -0.960. The van der Waals surface area contributed by atoms with Crippen molar-refractivity contribution in [3.8, 4) is 0 Å². The molecule has 4 nitrogen and oxygen atoms in total. The molecule has 1 N–H and O–H groups in total. The van der Waals surface area contributed by atoms with E-state index in [9.17, 15) is 4.79 Å². The molecule has 19 heavy (non-hydrogen) atoms. The summed E-state index contributed by atoms with van der Waals surface area (Å²) in [5.41, 5.74) is 0. The van der Waals surface area contributed by atoms with E-state index in [1.54, 1.807) is 6.92 Å². The van der Waals surface area contributed by atoms with Gasteiger partial charge in [-0.3, -0.25) is 4.79 Å². The number of carboxylic acids is 1. The van der Waals surface area contributed by atoms with Crippen LogP contribution < -0.4 is 0 Å². The molecule has 0 aromatic rings. The van der Waals surface area contributed by atoms with Gasteiger partial charge >= 0.3 is 5.97 Å². The zero-order valence-electron chi connectivity index (χ0n) is 13.2. The SMILES string of the molecule is CCCN(CCCCN(CC)CC)CC(C)C(=O)O. The third-order valence-electron chi connectivity index (χ3n) is 3.59. The number of carboxylic acid groups (broad SMARTS) is 1. The van der Waals surface area contributed by atoms with Gasteiger partial charge < -0.3 is 14.9 Å². The molecule has 1 atom stereocenters. The minimum absolute atomic E-state index is 0.269. The lowest BCUT2D eigenvalue weighted by molar-refractivity contribution is -0.141. The predicted octanol–water partition coefficient (Wildman–Crippen LogP) is 2.54. The summed E-state index contributed by atoms with van der Waals surface area (Å²) in [5, 5.41) is 8.97. The zero-order valence-corrected chi connectivity index (χ0v) is 13.2. The number of hydrogen-bond donors (Lipinski definition) is 1. The Bertz CT molecular complexity index is 230. The average molecular weight is 272 g/mol. The summed E-state index contributed by atoms with van der Waals surface area (Å²) in [7, 11) is 0. The number of hydrogen-bond acceptors (Lipinski definition) is 3. The molecule has 0 bridgehead atoms. The second-order valence-corrected chi connectivity index (χ2v) is 5.27. The molecule has 0 aromatic heterocycles. The fraction of sp³-hybridized carbons (Fsp3) is 0.933. The lowest BCUT2D eigenvalue weighted by atomic mass is 10.1. The van der Waals surface area contributed by atoms with Crippen LogP contribution in [0.1, 0.15) is 47.0 Å². The van der Waals surface area contributed by atoms with Crippen molar-refractivity contribution >= 4 is 5.97 Å². The van der Waals surface area contributed by atoms with E-state index in [2.05, 4.69) is 30.6 Å². The molecule has 0 aromatic carbocycles. The molecule has 0 radical (unpaired) electrons. The fourth-order valence-electron chi connectivity index (χ4n) is 2.29. The Hall–Kier alpha value is -0.610. The quantitative estimate of drug-likeness (QED) is 0.555. The van der Waals surface area contributed by atoms with E-state index in [-0.39, 0.29) is 5.92 Å². The van der Waals surface area contributed by atoms with Crippen LogP contribution in [-0.2, 0) is 4.79 Å². The molecule has 0 aliphatic heterocycles. The Balaban J connectivity index is 3.91. The molecule has 0 aliphatic rings. The van der Waals surface area contributed by atoms with E-state index in [1.807, 2.05) is 0 Å². The van der Waals surface area contributed by atoms with Crippen LogP contribution in [0.25, 0.3) is 0 Å². The molecule has 0 heterocycles. The molecule has 0 saturated heterocycles. The maximum atomic E-state index is 10.9. The van der Waals surface area contributed by atoms with Crippen LogP contribution in [0, 0.1) is 5.92 Å². The Kier molecular flexibility index (Phi) is 10.9. The number of unbranched alkanes of at least 4 members (excludes halogenated alkanes) is 1. The third-order valence-corrected chi connectivity index (χ3v) is 3.59. The van der Waals surface area contributed by atoms with Crippen LogP contribution in [0.3, 0.4) is 0 Å². The van der Waals surface area contributed by atoms with E-state index in [0.29, 0.717) is 6.54 Å². The Morgan fingerprint density at radius 2 is 1.53 bits per heavy atom. The van der Waals surface area contributed by atoms with Crippen LogP contribution in [0.2, 0.25) is 0 Å². The van der Waals surface area contributed by atoms with Crippen LogP contribution >= 0.6 is 0 Å². The molecule has 4 heteroatoms. The van der Waals surface area contributed by atoms with E-state index in [4.69, 9.17) is 5.11 Å². The van der Waals surface area contributed by atoms with Crippen molar-refractivity contribution in [3.63, 3.8) is 0 Å². The fourth-order valence-corrected chi connectivity index (χ4v) is 2.29. The summed E-state index contributed by atoms with van der Waals surface area (Å²) >= 11 is 0. The highest BCUT2D eigenvalue weighted by molar-refractivity contribution is 5.69. The van der Waals surface area contributed by atoms with Crippen LogP contribution in [0.5, 0.6) is 0 Å². The topological polar surface area (TPSA) is 43.8 Å². The normalized spacial score (nSPS) is 13.2. The average Bonchev–Trinajstić information content (AvgIpc) is 2.38. The van der Waals surface area contributed by atoms with Gasteiger partial charge in [0.15, 0.2) is 0 Å². The molecular formula is C15H32N2O2. The Morgan fingerprint density at radius 3 is 1.95 bits per heavy atom. The largest absolute Gasteiger partial charge is 0.481 e. The van der Waals surface area contributed by atoms with E-state index < -0.39 is 5.97 Å². The van der Waals surface area contributed by atoms with Gasteiger partial charge in [0, 0.05) is 6.54 Å². The first-order valence-electron chi connectivity index (χ1n) is 7.72. The third kappa shape index (κ3) is 9.00. The van der Waals surface area contributed by atoms with Gasteiger partial charge in [0.2, 0.25) is 0 Å². The maximum absolute atomic E-state index is 10.9. The highest BCUT2D eigenvalue weighted by Gasteiger charge is 2.15. The molecule has 114 valence electrons. The van der Waals surface area contributed by atoms with Gasteiger partial charge in [0.05, 0.1) is 5.92 Å². The number of rotatable bonds is 12. The van der Waals surface area contributed by atoms with Crippen LogP contribution in [0.15, 0.2) is 0 Å². The lowest BCUT2D eigenvalue weighted by Gasteiger charge is -2.24. The molecule has 1 unspecified atom stereocenters. The predicted molar refractivity (Wildman–Crippen MR) is 80.6 cm³/mol. The van der Waals surface area contributed by atoms with E-state index >= 15 is 0 Å². The molecular weight excluding hydrogens is 240 g/mol. The maximum Gasteiger partial charge on any atom is 0.307 e. The molecule has 0 aliphatic carbocycles. The van der Waals surface area contributed by atoms with Gasteiger partial charge in [-0.25, -0.2) is 0 Å².